The van der Waals surface area contributed by atoms with Gasteiger partial charge in [0.2, 0.25) is 5.95 Å². The van der Waals surface area contributed by atoms with Gasteiger partial charge in [0.1, 0.15) is 0 Å². The minimum Gasteiger partial charge on any atom is -0.370 e. The number of aromatic nitrogens is 2. The second-order valence-corrected chi connectivity index (χ2v) is 7.05. The van der Waals surface area contributed by atoms with Crippen molar-refractivity contribution in [3.63, 3.8) is 0 Å². The number of benzene rings is 1. The third kappa shape index (κ3) is 5.65. The highest BCUT2D eigenvalue weighted by atomic mass is 15.3. The second kappa shape index (κ2) is 9.32. The molecule has 27 heavy (non-hydrogen) atoms. The van der Waals surface area contributed by atoms with Crippen LogP contribution in [0.3, 0.4) is 0 Å². The molecule has 7 heteroatoms. The summed E-state index contributed by atoms with van der Waals surface area (Å²) in [5.74, 6) is 1.77. The minimum absolute atomic E-state index is 0.465. The average molecular weight is 368 g/mol. The number of guanidine groups is 1. The lowest BCUT2D eigenvalue weighted by molar-refractivity contribution is 0.264. The van der Waals surface area contributed by atoms with Gasteiger partial charge in [0, 0.05) is 50.8 Å². The van der Waals surface area contributed by atoms with Gasteiger partial charge < -0.3 is 16.0 Å². The summed E-state index contributed by atoms with van der Waals surface area (Å²) in [5.41, 5.74) is 8.31. The predicted molar refractivity (Wildman–Crippen MR) is 111 cm³/mol. The highest BCUT2D eigenvalue weighted by Crippen LogP contribution is 2.18. The Bertz CT molecular complexity index is 737. The summed E-state index contributed by atoms with van der Waals surface area (Å²) in [5, 5.41) is 3.19. The molecule has 1 saturated heterocycles. The quantitative estimate of drug-likeness (QED) is 0.601. The number of nitrogens with zero attached hydrogens (tertiary/aromatic N) is 5. The van der Waals surface area contributed by atoms with Gasteiger partial charge in [-0.3, -0.25) is 9.89 Å². The molecule has 0 saturated carbocycles. The van der Waals surface area contributed by atoms with E-state index >= 15 is 0 Å². The molecule has 0 amide bonds. The lowest BCUT2D eigenvalue weighted by Gasteiger charge is -2.34. The molecular formula is C20H29N7. The Labute approximate surface area is 161 Å². The molecule has 1 aliphatic rings. The van der Waals surface area contributed by atoms with Gasteiger partial charge in [-0.2, -0.15) is 0 Å². The van der Waals surface area contributed by atoms with Crippen LogP contribution in [0, 0.1) is 0 Å². The van der Waals surface area contributed by atoms with Crippen molar-refractivity contribution in [1.82, 2.24) is 14.9 Å². The van der Waals surface area contributed by atoms with E-state index in [-0.39, 0.29) is 0 Å². The molecule has 1 aromatic heterocycles. The van der Waals surface area contributed by atoms with Crippen molar-refractivity contribution in [3.05, 3.63) is 48.3 Å². The van der Waals surface area contributed by atoms with Crippen molar-refractivity contribution in [2.24, 2.45) is 10.7 Å². The zero-order valence-electron chi connectivity index (χ0n) is 16.2. The van der Waals surface area contributed by atoms with E-state index in [9.17, 15) is 0 Å². The summed E-state index contributed by atoms with van der Waals surface area (Å²) in [6.07, 6.45) is 3.58. The van der Waals surface area contributed by atoms with E-state index in [1.807, 2.05) is 18.2 Å². The Morgan fingerprint density at radius 3 is 2.59 bits per heavy atom. The Balaban J connectivity index is 1.42. The molecule has 0 bridgehead atoms. The average Bonchev–Trinajstić information content (AvgIpc) is 2.69. The van der Waals surface area contributed by atoms with Crippen LogP contribution in [0.5, 0.6) is 0 Å². The molecule has 0 radical (unpaired) electrons. The highest BCUT2D eigenvalue weighted by Gasteiger charge is 2.18. The zero-order valence-corrected chi connectivity index (χ0v) is 16.2. The molecule has 1 aromatic carbocycles. The Morgan fingerprint density at radius 2 is 1.89 bits per heavy atom. The first-order valence-electron chi connectivity index (χ1n) is 9.53. The minimum atomic E-state index is 0.465. The van der Waals surface area contributed by atoms with Crippen LogP contribution >= 0.6 is 0 Å². The number of nitrogens with one attached hydrogen (secondary N) is 1. The van der Waals surface area contributed by atoms with E-state index in [4.69, 9.17) is 5.73 Å². The fourth-order valence-electron chi connectivity index (χ4n) is 3.10. The monoisotopic (exact) mass is 367 g/mol. The summed E-state index contributed by atoms with van der Waals surface area (Å²) < 4.78 is 0. The molecule has 0 atom stereocenters. The summed E-state index contributed by atoms with van der Waals surface area (Å²) >= 11 is 0. The van der Waals surface area contributed by atoms with Crippen LogP contribution in [0.25, 0.3) is 0 Å². The van der Waals surface area contributed by atoms with Crippen LogP contribution in [0.4, 0.5) is 11.6 Å². The van der Waals surface area contributed by atoms with Gasteiger partial charge in [-0.1, -0.05) is 26.0 Å². The van der Waals surface area contributed by atoms with E-state index in [0.717, 1.165) is 44.4 Å². The molecule has 2 heterocycles. The van der Waals surface area contributed by atoms with Gasteiger partial charge >= 0.3 is 0 Å². The van der Waals surface area contributed by atoms with E-state index in [1.165, 1.54) is 5.56 Å². The second-order valence-electron chi connectivity index (χ2n) is 7.05. The van der Waals surface area contributed by atoms with Gasteiger partial charge in [-0.25, -0.2) is 9.97 Å². The highest BCUT2D eigenvalue weighted by molar-refractivity contribution is 5.92. The summed E-state index contributed by atoms with van der Waals surface area (Å²) in [6.45, 7) is 9.78. The van der Waals surface area contributed by atoms with Crippen molar-refractivity contribution in [2.45, 2.75) is 19.8 Å². The van der Waals surface area contributed by atoms with Gasteiger partial charge in [-0.15, -0.1) is 0 Å². The fraction of sp³-hybridized carbons (Fsp3) is 0.450. The van der Waals surface area contributed by atoms with E-state index in [1.54, 1.807) is 12.4 Å². The van der Waals surface area contributed by atoms with E-state index in [0.29, 0.717) is 18.4 Å². The van der Waals surface area contributed by atoms with E-state index < -0.39 is 0 Å². The molecule has 3 N–H and O–H groups in total. The number of hydrogen-bond acceptors (Lipinski definition) is 5. The van der Waals surface area contributed by atoms with Crippen LogP contribution in [-0.4, -0.2) is 60.1 Å². The van der Waals surface area contributed by atoms with Crippen LogP contribution in [0.15, 0.2) is 47.7 Å². The van der Waals surface area contributed by atoms with Gasteiger partial charge in [0.15, 0.2) is 5.96 Å². The lowest BCUT2D eigenvalue weighted by atomic mass is 10.0. The van der Waals surface area contributed by atoms with Crippen molar-refractivity contribution in [2.75, 3.05) is 49.5 Å². The Hall–Kier alpha value is -2.67. The molecule has 3 rings (SSSR count). The normalized spacial score (nSPS) is 16.0. The smallest absolute Gasteiger partial charge is 0.225 e. The molecule has 2 aromatic rings. The predicted octanol–water partition coefficient (Wildman–Crippen LogP) is 2.15. The first-order valence-corrected chi connectivity index (χ1v) is 9.53. The lowest BCUT2D eigenvalue weighted by Crippen LogP contribution is -2.47. The fourth-order valence-corrected chi connectivity index (χ4v) is 3.10. The largest absolute Gasteiger partial charge is 0.370 e. The van der Waals surface area contributed by atoms with Gasteiger partial charge in [-0.05, 0) is 29.7 Å². The Kier molecular flexibility index (Phi) is 6.59. The molecular weight excluding hydrogens is 338 g/mol. The van der Waals surface area contributed by atoms with Gasteiger partial charge in [0.25, 0.3) is 0 Å². The first-order chi connectivity index (χ1) is 13.1. The third-order valence-corrected chi connectivity index (χ3v) is 4.73. The maximum Gasteiger partial charge on any atom is 0.225 e. The van der Waals surface area contributed by atoms with Crippen LogP contribution in [-0.2, 0) is 0 Å². The molecule has 144 valence electrons. The van der Waals surface area contributed by atoms with Gasteiger partial charge in [0.05, 0.1) is 6.54 Å². The number of piperazine rings is 1. The molecule has 1 aliphatic heterocycles. The summed E-state index contributed by atoms with van der Waals surface area (Å²) in [6, 6.07) is 10.1. The number of nitrogens with two attached hydrogens (primary N) is 1. The standard InChI is InChI=1S/C20H29N7/c1-16(2)17-5-3-6-18(15-17)25-19(21)22-9-10-26-11-13-27(14-12-26)20-23-7-4-8-24-20/h3-8,15-16H,9-14H2,1-2H3,(H3,21,22,25). The summed E-state index contributed by atoms with van der Waals surface area (Å²) in [4.78, 5) is 17.7. The number of hydrogen-bond donors (Lipinski definition) is 2. The topological polar surface area (TPSA) is 82.7 Å². The summed E-state index contributed by atoms with van der Waals surface area (Å²) in [7, 11) is 0. The molecule has 0 spiro atoms. The Morgan fingerprint density at radius 1 is 1.15 bits per heavy atom. The maximum atomic E-state index is 6.04. The zero-order chi connectivity index (χ0) is 19.1. The molecule has 0 aliphatic carbocycles. The van der Waals surface area contributed by atoms with Crippen LogP contribution in [0.1, 0.15) is 25.3 Å². The number of rotatable bonds is 6. The van der Waals surface area contributed by atoms with Crippen molar-refractivity contribution in [3.8, 4) is 0 Å². The third-order valence-electron chi connectivity index (χ3n) is 4.73. The number of anilines is 2. The first kappa shape index (κ1) is 19.1. The number of aliphatic imine (C=N–C) groups is 1. The molecule has 1 fully saturated rings. The van der Waals surface area contributed by atoms with Crippen molar-refractivity contribution < 1.29 is 0 Å². The SMILES string of the molecule is CC(C)c1cccc(NC(N)=NCCN2CCN(c3ncccn3)CC2)c1. The molecule has 0 unspecified atom stereocenters. The molecule has 7 nitrogen and oxygen atoms in total. The van der Waals surface area contributed by atoms with Crippen molar-refractivity contribution >= 4 is 17.6 Å². The van der Waals surface area contributed by atoms with E-state index in [2.05, 4.69) is 56.1 Å². The van der Waals surface area contributed by atoms with Crippen LogP contribution in [0.2, 0.25) is 0 Å². The van der Waals surface area contributed by atoms with Crippen molar-refractivity contribution in [1.29, 1.82) is 0 Å². The van der Waals surface area contributed by atoms with Crippen LogP contribution < -0.4 is 16.0 Å². The maximum absolute atomic E-state index is 6.04.